The number of fused-ring (bicyclic) bond motifs is 1. The van der Waals surface area contributed by atoms with Crippen LogP contribution in [-0.4, -0.2) is 68.0 Å². The fourth-order valence-electron chi connectivity index (χ4n) is 3.55. The first kappa shape index (κ1) is 13.6. The predicted octanol–water partition coefficient (Wildman–Crippen LogP) is -3.62. The molecular weight excluding hydrogens is 270 g/mol. The third kappa shape index (κ3) is 1.46. The van der Waals surface area contributed by atoms with Gasteiger partial charge in [-0.1, -0.05) is 0 Å². The molecule has 0 radical (unpaired) electrons. The van der Waals surface area contributed by atoms with Gasteiger partial charge >= 0.3 is 5.97 Å². The number of esters is 1. The maximum absolute atomic E-state index is 11.8. The van der Waals surface area contributed by atoms with Crippen molar-refractivity contribution in [3.63, 3.8) is 0 Å². The van der Waals surface area contributed by atoms with Crippen LogP contribution in [0.5, 0.6) is 0 Å². The van der Waals surface area contributed by atoms with Gasteiger partial charge in [0.15, 0.2) is 24.4 Å². The molecule has 20 heavy (non-hydrogen) atoms. The van der Waals surface area contributed by atoms with E-state index in [0.717, 1.165) is 0 Å². The number of hydrogen-bond donors (Lipinski definition) is 6. The Balaban J connectivity index is 2.16. The molecule has 1 aliphatic carbocycles. The van der Waals surface area contributed by atoms with E-state index in [-0.39, 0.29) is 12.4 Å². The average Bonchev–Trinajstić information content (AvgIpc) is 2.33. The molecule has 1 saturated heterocycles. The molecular formula is C11H17N3O6. The highest BCUT2D eigenvalue weighted by molar-refractivity contribution is 5.84. The van der Waals surface area contributed by atoms with E-state index < -0.39 is 47.6 Å². The Morgan fingerprint density at radius 3 is 2.75 bits per heavy atom. The number of aliphatic hydroxyl groups is 4. The van der Waals surface area contributed by atoms with Gasteiger partial charge in [0.05, 0.1) is 0 Å². The Labute approximate surface area is 114 Å². The highest BCUT2D eigenvalue weighted by Crippen LogP contribution is 2.48. The van der Waals surface area contributed by atoms with Crippen molar-refractivity contribution < 1.29 is 30.0 Å². The number of aliphatic imine (C=N–C) groups is 1. The minimum Gasteiger partial charge on any atom is -0.454 e. The van der Waals surface area contributed by atoms with Gasteiger partial charge in [-0.2, -0.15) is 0 Å². The second-order valence-corrected chi connectivity index (χ2v) is 5.86. The van der Waals surface area contributed by atoms with Gasteiger partial charge in [-0.05, 0) is 13.3 Å². The molecule has 2 heterocycles. The number of ether oxygens (including phenoxy) is 1. The molecule has 0 aromatic rings. The Morgan fingerprint density at radius 1 is 1.45 bits per heavy atom. The number of carbonyl (C=O) groups excluding carboxylic acids is 1. The summed E-state index contributed by atoms with van der Waals surface area (Å²) in [5.41, 5.74) is 2.38. The molecule has 4 unspecified atom stereocenters. The molecule has 1 spiro atoms. The number of guanidine groups is 1. The topological polar surface area (TPSA) is 158 Å². The zero-order valence-electron chi connectivity index (χ0n) is 10.7. The van der Waals surface area contributed by atoms with Crippen LogP contribution >= 0.6 is 0 Å². The van der Waals surface area contributed by atoms with Crippen molar-refractivity contribution in [1.29, 1.82) is 0 Å². The maximum Gasteiger partial charge on any atom is 0.338 e. The van der Waals surface area contributed by atoms with Crippen LogP contribution in [0.4, 0.5) is 0 Å². The van der Waals surface area contributed by atoms with Gasteiger partial charge in [0.25, 0.3) is 0 Å². The highest BCUT2D eigenvalue weighted by Gasteiger charge is 2.70. The summed E-state index contributed by atoms with van der Waals surface area (Å²) < 4.78 is 4.92. The van der Waals surface area contributed by atoms with Crippen LogP contribution in [0.2, 0.25) is 0 Å². The third-order valence-corrected chi connectivity index (χ3v) is 4.53. The molecule has 7 atom stereocenters. The highest BCUT2D eigenvalue weighted by atomic mass is 16.6. The lowest BCUT2D eigenvalue weighted by atomic mass is 9.59. The first-order chi connectivity index (χ1) is 9.20. The van der Waals surface area contributed by atoms with Gasteiger partial charge in [0.1, 0.15) is 17.2 Å². The monoisotopic (exact) mass is 287 g/mol. The summed E-state index contributed by atoms with van der Waals surface area (Å²) in [5, 5.41) is 43.6. The van der Waals surface area contributed by atoms with E-state index in [9.17, 15) is 25.2 Å². The first-order valence-corrected chi connectivity index (χ1v) is 6.28. The molecule has 2 bridgehead atoms. The molecule has 2 aliphatic heterocycles. The number of hydrogen-bond acceptors (Lipinski definition) is 9. The summed E-state index contributed by atoms with van der Waals surface area (Å²) in [7, 11) is 0. The first-order valence-electron chi connectivity index (χ1n) is 6.28. The summed E-state index contributed by atoms with van der Waals surface area (Å²) in [5.74, 6) is -2.07. The van der Waals surface area contributed by atoms with Crippen LogP contribution in [0.3, 0.4) is 0 Å². The molecule has 0 amide bonds. The van der Waals surface area contributed by atoms with E-state index in [1.807, 2.05) is 0 Å². The van der Waals surface area contributed by atoms with Crippen molar-refractivity contribution in [3.05, 3.63) is 0 Å². The number of nitrogens with two attached hydrogens (primary N) is 1. The van der Waals surface area contributed by atoms with Gasteiger partial charge < -0.3 is 36.2 Å². The Hall–Kier alpha value is -1.42. The molecule has 0 aromatic heterocycles. The number of carbonyl (C=O) groups is 1. The predicted molar refractivity (Wildman–Crippen MR) is 64.1 cm³/mol. The van der Waals surface area contributed by atoms with E-state index in [1.54, 1.807) is 0 Å². The van der Waals surface area contributed by atoms with E-state index in [4.69, 9.17) is 10.5 Å². The number of rotatable bonds is 0. The second kappa shape index (κ2) is 3.82. The Kier molecular flexibility index (Phi) is 2.59. The van der Waals surface area contributed by atoms with Crippen molar-refractivity contribution in [2.75, 3.05) is 0 Å². The van der Waals surface area contributed by atoms with Crippen LogP contribution < -0.4 is 11.1 Å². The SMILES string of the molecule is C[C@]1(O)CC2C(O)N=C(N)N[C@@]23C(O)C1OC(=O)[C@H]3O. The molecule has 7 N–H and O–H groups in total. The van der Waals surface area contributed by atoms with E-state index >= 15 is 0 Å². The van der Waals surface area contributed by atoms with Gasteiger partial charge in [0, 0.05) is 5.92 Å². The van der Waals surface area contributed by atoms with Gasteiger partial charge in [-0.15, -0.1) is 0 Å². The standard InChI is InChI=1S/C11H17N3O6/c1-10(19)2-3-7(17)13-9(12)14-11(3)4(15)6(10)20-8(18)5(11)16/h3-7,15-17,19H,2H2,1H3,(H3,12,13,14)/t3?,4?,5-,6?,7?,10+,11-/m1/s1. The molecule has 3 aliphatic rings. The van der Waals surface area contributed by atoms with Crippen LogP contribution in [0, 0.1) is 5.92 Å². The summed E-state index contributed by atoms with van der Waals surface area (Å²) in [6, 6.07) is 0. The zero-order chi connectivity index (χ0) is 14.9. The Morgan fingerprint density at radius 2 is 2.10 bits per heavy atom. The average molecular weight is 287 g/mol. The minimum atomic E-state index is -1.72. The van der Waals surface area contributed by atoms with E-state index in [0.29, 0.717) is 0 Å². The van der Waals surface area contributed by atoms with E-state index in [2.05, 4.69) is 10.3 Å². The van der Waals surface area contributed by atoms with Crippen molar-refractivity contribution in [3.8, 4) is 0 Å². The van der Waals surface area contributed by atoms with Crippen LogP contribution in [0.15, 0.2) is 4.99 Å². The fraction of sp³-hybridized carbons (Fsp3) is 0.818. The van der Waals surface area contributed by atoms with Crippen molar-refractivity contribution in [2.45, 2.75) is 49.0 Å². The van der Waals surface area contributed by atoms with Crippen LogP contribution in [0.25, 0.3) is 0 Å². The molecule has 9 nitrogen and oxygen atoms in total. The molecule has 3 rings (SSSR count). The van der Waals surface area contributed by atoms with E-state index in [1.165, 1.54) is 6.92 Å². The minimum absolute atomic E-state index is 0.0238. The third-order valence-electron chi connectivity index (χ3n) is 4.53. The van der Waals surface area contributed by atoms with Gasteiger partial charge in [-0.25, -0.2) is 9.79 Å². The largest absolute Gasteiger partial charge is 0.454 e. The fourth-order valence-corrected chi connectivity index (χ4v) is 3.55. The van der Waals surface area contributed by atoms with Crippen molar-refractivity contribution in [1.82, 2.24) is 5.32 Å². The zero-order valence-corrected chi connectivity index (χ0v) is 10.7. The van der Waals surface area contributed by atoms with Gasteiger partial charge in [-0.3, -0.25) is 0 Å². The molecule has 0 aromatic carbocycles. The van der Waals surface area contributed by atoms with Crippen LogP contribution in [0.1, 0.15) is 13.3 Å². The lowest BCUT2D eigenvalue weighted by Crippen LogP contribution is -2.84. The normalized spacial score (nSPS) is 54.4. The second-order valence-electron chi connectivity index (χ2n) is 5.86. The molecule has 2 fully saturated rings. The Bertz CT molecular complexity index is 495. The van der Waals surface area contributed by atoms with Crippen LogP contribution in [-0.2, 0) is 9.53 Å². The summed E-state index contributed by atoms with van der Waals surface area (Å²) in [6.07, 6.45) is -5.75. The summed E-state index contributed by atoms with van der Waals surface area (Å²) >= 11 is 0. The van der Waals surface area contributed by atoms with Crippen molar-refractivity contribution >= 4 is 11.9 Å². The lowest BCUT2D eigenvalue weighted by Gasteiger charge is -2.60. The van der Waals surface area contributed by atoms with Gasteiger partial charge in [0.2, 0.25) is 0 Å². The quantitative estimate of drug-likeness (QED) is 0.249. The number of nitrogens with zero attached hydrogens (tertiary/aromatic N) is 1. The maximum atomic E-state index is 11.8. The summed E-state index contributed by atoms with van der Waals surface area (Å²) in [6.45, 7) is 1.39. The summed E-state index contributed by atoms with van der Waals surface area (Å²) in [4.78, 5) is 15.5. The lowest BCUT2D eigenvalue weighted by molar-refractivity contribution is -0.267. The number of aliphatic hydroxyl groups excluding tert-OH is 3. The smallest absolute Gasteiger partial charge is 0.338 e. The number of nitrogens with one attached hydrogen (secondary N) is 1. The molecule has 112 valence electrons. The van der Waals surface area contributed by atoms with Crippen molar-refractivity contribution in [2.24, 2.45) is 16.6 Å². The molecule has 9 heteroatoms. The molecule has 1 saturated carbocycles.